The van der Waals surface area contributed by atoms with Crippen molar-refractivity contribution < 1.29 is 18.1 Å². The van der Waals surface area contributed by atoms with Crippen molar-refractivity contribution in [3.8, 4) is 0 Å². The first-order valence-corrected chi connectivity index (χ1v) is 7.89. The highest BCUT2D eigenvalue weighted by atomic mass is 19.1. The molecule has 128 valence electrons. The predicted molar refractivity (Wildman–Crippen MR) is 83.3 cm³/mol. The van der Waals surface area contributed by atoms with Crippen molar-refractivity contribution in [2.24, 2.45) is 5.92 Å². The van der Waals surface area contributed by atoms with Gasteiger partial charge >= 0.3 is 0 Å². The molecule has 0 radical (unpaired) electrons. The van der Waals surface area contributed by atoms with E-state index in [4.69, 9.17) is 4.52 Å². The monoisotopic (exact) mass is 335 g/mol. The molecular weight excluding hydrogens is 316 g/mol. The van der Waals surface area contributed by atoms with Crippen LogP contribution in [0.25, 0.3) is 0 Å². The van der Waals surface area contributed by atoms with Crippen LogP contribution >= 0.6 is 0 Å². The molecule has 1 amide bonds. The van der Waals surface area contributed by atoms with Crippen molar-refractivity contribution in [3.63, 3.8) is 0 Å². The fraction of sp³-hybridized carbons (Fsp3) is 0.412. The van der Waals surface area contributed by atoms with Gasteiger partial charge in [0.1, 0.15) is 11.6 Å². The Bertz CT molecular complexity index is 732. The highest BCUT2D eigenvalue weighted by Crippen LogP contribution is 2.19. The van der Waals surface area contributed by atoms with E-state index in [0.29, 0.717) is 25.1 Å². The number of amides is 1. The summed E-state index contributed by atoms with van der Waals surface area (Å²) in [6.07, 6.45) is 0.944. The third kappa shape index (κ3) is 3.97. The van der Waals surface area contributed by atoms with Gasteiger partial charge in [-0.2, -0.15) is 0 Å². The molecule has 1 aliphatic rings. The zero-order valence-electron chi connectivity index (χ0n) is 13.4. The van der Waals surface area contributed by atoms with Gasteiger partial charge in [0.05, 0.1) is 17.8 Å². The molecule has 0 saturated carbocycles. The lowest BCUT2D eigenvalue weighted by molar-refractivity contribution is 0.0943. The summed E-state index contributed by atoms with van der Waals surface area (Å²) in [6, 6.07) is 4.86. The smallest absolute Gasteiger partial charge is 0.254 e. The number of carbonyl (C=O) groups excluding carboxylic acids is 1. The molecule has 3 rings (SSSR count). The Balaban J connectivity index is 1.48. The second-order valence-electron chi connectivity index (χ2n) is 6.16. The average Bonchev–Trinajstić information content (AvgIpc) is 3.14. The largest absolute Gasteiger partial charge is 0.360 e. The van der Waals surface area contributed by atoms with Gasteiger partial charge in [-0.25, -0.2) is 8.78 Å². The lowest BCUT2D eigenvalue weighted by Gasteiger charge is -2.14. The van der Waals surface area contributed by atoms with E-state index < -0.39 is 17.5 Å². The Morgan fingerprint density at radius 2 is 2.25 bits per heavy atom. The second kappa shape index (κ2) is 7.09. The number of halogens is 2. The lowest BCUT2D eigenvalue weighted by atomic mass is 10.1. The molecule has 1 unspecified atom stereocenters. The summed E-state index contributed by atoms with van der Waals surface area (Å²) in [5.41, 5.74) is 0.720. The van der Waals surface area contributed by atoms with E-state index in [1.807, 2.05) is 13.0 Å². The quantitative estimate of drug-likeness (QED) is 0.912. The number of rotatable bonds is 5. The Kier molecular flexibility index (Phi) is 4.89. The molecule has 1 saturated heterocycles. The second-order valence-corrected chi connectivity index (χ2v) is 6.16. The molecule has 2 heterocycles. The lowest BCUT2D eigenvalue weighted by Crippen LogP contribution is -2.31. The molecular formula is C17H19F2N3O2. The van der Waals surface area contributed by atoms with Gasteiger partial charge in [0.15, 0.2) is 5.76 Å². The molecule has 24 heavy (non-hydrogen) atoms. The van der Waals surface area contributed by atoms with Crippen molar-refractivity contribution in [2.75, 3.05) is 19.6 Å². The van der Waals surface area contributed by atoms with Crippen LogP contribution in [0.15, 0.2) is 28.8 Å². The SMILES string of the molecule is Cc1cc(CN2CCC(CNC(=O)c3ccc(F)cc3F)C2)on1. The van der Waals surface area contributed by atoms with Gasteiger partial charge in [-0.3, -0.25) is 9.69 Å². The van der Waals surface area contributed by atoms with Gasteiger partial charge in [0.25, 0.3) is 5.91 Å². The number of nitrogens with zero attached hydrogens (tertiary/aromatic N) is 2. The third-order valence-corrected chi connectivity index (χ3v) is 4.15. The van der Waals surface area contributed by atoms with Crippen LogP contribution < -0.4 is 5.32 Å². The highest BCUT2D eigenvalue weighted by Gasteiger charge is 2.24. The minimum atomic E-state index is -0.846. The normalized spacial score (nSPS) is 18.0. The number of hydrogen-bond donors (Lipinski definition) is 1. The minimum Gasteiger partial charge on any atom is -0.360 e. The van der Waals surface area contributed by atoms with Crippen LogP contribution in [0, 0.1) is 24.5 Å². The van der Waals surface area contributed by atoms with E-state index in [2.05, 4.69) is 15.4 Å². The maximum atomic E-state index is 13.6. The molecule has 1 aromatic heterocycles. The first-order chi connectivity index (χ1) is 11.5. The molecule has 1 aromatic carbocycles. The van der Waals surface area contributed by atoms with Gasteiger partial charge in [0, 0.05) is 25.2 Å². The molecule has 1 aliphatic heterocycles. The van der Waals surface area contributed by atoms with E-state index in [9.17, 15) is 13.6 Å². The van der Waals surface area contributed by atoms with E-state index in [-0.39, 0.29) is 5.56 Å². The Labute approximate surface area is 138 Å². The van der Waals surface area contributed by atoms with Crippen LogP contribution in [0.5, 0.6) is 0 Å². The van der Waals surface area contributed by atoms with Gasteiger partial charge in [-0.15, -0.1) is 0 Å². The molecule has 5 nitrogen and oxygen atoms in total. The molecule has 1 atom stereocenters. The zero-order chi connectivity index (χ0) is 17.1. The Hall–Kier alpha value is -2.28. The molecule has 1 fully saturated rings. The van der Waals surface area contributed by atoms with Crippen LogP contribution in [0.2, 0.25) is 0 Å². The zero-order valence-corrected chi connectivity index (χ0v) is 13.4. The van der Waals surface area contributed by atoms with Crippen molar-refractivity contribution in [3.05, 3.63) is 52.9 Å². The maximum Gasteiger partial charge on any atom is 0.254 e. The fourth-order valence-electron chi connectivity index (χ4n) is 2.94. The van der Waals surface area contributed by atoms with E-state index in [0.717, 1.165) is 43.1 Å². The molecule has 0 aliphatic carbocycles. The van der Waals surface area contributed by atoms with Gasteiger partial charge in [-0.05, 0) is 37.9 Å². The van der Waals surface area contributed by atoms with E-state index >= 15 is 0 Å². The third-order valence-electron chi connectivity index (χ3n) is 4.15. The average molecular weight is 335 g/mol. The first kappa shape index (κ1) is 16.6. The van der Waals surface area contributed by atoms with Crippen molar-refractivity contribution in [2.45, 2.75) is 19.9 Å². The Morgan fingerprint density at radius 3 is 2.96 bits per heavy atom. The van der Waals surface area contributed by atoms with Gasteiger partial charge in [0.2, 0.25) is 0 Å². The summed E-state index contributed by atoms with van der Waals surface area (Å²) >= 11 is 0. The highest BCUT2D eigenvalue weighted by molar-refractivity contribution is 5.94. The summed E-state index contributed by atoms with van der Waals surface area (Å²) in [6.45, 7) is 4.76. The number of carbonyl (C=O) groups is 1. The number of aryl methyl sites for hydroxylation is 1. The van der Waals surface area contributed by atoms with Crippen LogP contribution in [-0.4, -0.2) is 35.6 Å². The summed E-state index contributed by atoms with van der Waals surface area (Å²) < 4.78 is 31.7. The van der Waals surface area contributed by atoms with Crippen molar-refractivity contribution in [1.82, 2.24) is 15.4 Å². The number of hydrogen-bond acceptors (Lipinski definition) is 4. The molecule has 0 bridgehead atoms. The summed E-state index contributed by atoms with van der Waals surface area (Å²) in [4.78, 5) is 14.2. The molecule has 0 spiro atoms. The number of benzene rings is 1. The number of aromatic nitrogens is 1. The predicted octanol–water partition coefficient (Wildman–Crippen LogP) is 2.51. The molecule has 1 N–H and O–H groups in total. The maximum absolute atomic E-state index is 13.6. The van der Waals surface area contributed by atoms with Crippen LogP contribution in [-0.2, 0) is 6.54 Å². The summed E-state index contributed by atoms with van der Waals surface area (Å²) in [5, 5.41) is 6.59. The molecule has 7 heteroatoms. The van der Waals surface area contributed by atoms with Crippen molar-refractivity contribution >= 4 is 5.91 Å². The molecule has 2 aromatic rings. The number of likely N-dealkylation sites (tertiary alicyclic amines) is 1. The van der Waals surface area contributed by atoms with E-state index in [1.54, 1.807) is 0 Å². The topological polar surface area (TPSA) is 58.4 Å². The van der Waals surface area contributed by atoms with Crippen molar-refractivity contribution in [1.29, 1.82) is 0 Å². The van der Waals surface area contributed by atoms with Crippen LogP contribution in [0.1, 0.15) is 28.2 Å². The van der Waals surface area contributed by atoms with Gasteiger partial charge < -0.3 is 9.84 Å². The van der Waals surface area contributed by atoms with E-state index in [1.165, 1.54) is 0 Å². The standard InChI is InChI=1S/C17H19F2N3O2/c1-11-6-14(24-21-11)10-22-5-4-12(9-22)8-20-17(23)15-3-2-13(18)7-16(15)19/h2-3,6-7,12H,4-5,8-10H2,1H3,(H,20,23). The summed E-state index contributed by atoms with van der Waals surface area (Å²) in [5.74, 6) is -0.941. The van der Waals surface area contributed by atoms with Gasteiger partial charge in [-0.1, -0.05) is 5.16 Å². The Morgan fingerprint density at radius 1 is 1.42 bits per heavy atom. The van der Waals surface area contributed by atoms with Crippen LogP contribution in [0.4, 0.5) is 8.78 Å². The number of nitrogens with one attached hydrogen (secondary N) is 1. The summed E-state index contributed by atoms with van der Waals surface area (Å²) in [7, 11) is 0. The van der Waals surface area contributed by atoms with Crippen LogP contribution in [0.3, 0.4) is 0 Å². The minimum absolute atomic E-state index is 0.136. The fourth-order valence-corrected chi connectivity index (χ4v) is 2.94. The first-order valence-electron chi connectivity index (χ1n) is 7.89.